The first kappa shape index (κ1) is 19.3. The van der Waals surface area contributed by atoms with Crippen LogP contribution in [0.15, 0.2) is 0 Å². The SMILES string of the molecule is CCCCC1CC(C(=O)O)C2CCC(C(=O)O)CC2C1CCCC. The van der Waals surface area contributed by atoms with E-state index in [1.807, 2.05) is 0 Å². The van der Waals surface area contributed by atoms with Gasteiger partial charge in [0, 0.05) is 0 Å². The summed E-state index contributed by atoms with van der Waals surface area (Å²) in [6, 6.07) is 0. The molecule has 0 bridgehead atoms. The van der Waals surface area contributed by atoms with Gasteiger partial charge in [0.2, 0.25) is 0 Å². The van der Waals surface area contributed by atoms with Crippen LogP contribution in [0.4, 0.5) is 0 Å². The third-order valence-electron chi connectivity index (χ3n) is 6.67. The number of unbranched alkanes of at least 4 members (excludes halogenated alkanes) is 2. The summed E-state index contributed by atoms with van der Waals surface area (Å²) in [5.41, 5.74) is 0. The molecule has 2 saturated carbocycles. The first-order chi connectivity index (χ1) is 11.5. The maximum atomic E-state index is 11.8. The molecule has 0 heterocycles. The van der Waals surface area contributed by atoms with Crippen LogP contribution in [0, 0.1) is 35.5 Å². The van der Waals surface area contributed by atoms with Crippen molar-refractivity contribution in [3.63, 3.8) is 0 Å². The number of aliphatic carboxylic acids is 2. The van der Waals surface area contributed by atoms with E-state index in [2.05, 4.69) is 13.8 Å². The van der Waals surface area contributed by atoms with E-state index in [0.29, 0.717) is 30.6 Å². The van der Waals surface area contributed by atoms with Gasteiger partial charge in [-0.15, -0.1) is 0 Å². The van der Waals surface area contributed by atoms with Gasteiger partial charge in [-0.05, 0) is 55.8 Å². The monoisotopic (exact) mass is 338 g/mol. The Morgan fingerprint density at radius 2 is 1.54 bits per heavy atom. The molecule has 0 aromatic rings. The molecule has 2 aliphatic rings. The van der Waals surface area contributed by atoms with Crippen LogP contribution in [-0.4, -0.2) is 22.2 Å². The lowest BCUT2D eigenvalue weighted by molar-refractivity contribution is -0.153. The van der Waals surface area contributed by atoms with Crippen molar-refractivity contribution in [2.75, 3.05) is 0 Å². The third-order valence-corrected chi connectivity index (χ3v) is 6.67. The van der Waals surface area contributed by atoms with Crippen LogP contribution in [-0.2, 0) is 9.59 Å². The summed E-state index contributed by atoms with van der Waals surface area (Å²) in [7, 11) is 0. The molecule has 2 fully saturated rings. The van der Waals surface area contributed by atoms with Gasteiger partial charge in [0.15, 0.2) is 0 Å². The molecule has 24 heavy (non-hydrogen) atoms. The summed E-state index contributed by atoms with van der Waals surface area (Å²) in [4.78, 5) is 23.4. The van der Waals surface area contributed by atoms with Gasteiger partial charge in [-0.2, -0.15) is 0 Å². The summed E-state index contributed by atoms with van der Waals surface area (Å²) in [5, 5.41) is 19.2. The standard InChI is InChI=1S/C20H34O4/c1-3-5-7-13-11-18(20(23)24)16-10-9-14(19(21)22)12-17(16)15(13)8-6-4-2/h13-18H,3-12H2,1-2H3,(H,21,22)(H,23,24). The lowest BCUT2D eigenvalue weighted by Crippen LogP contribution is -2.47. The topological polar surface area (TPSA) is 74.6 Å². The Morgan fingerprint density at radius 3 is 2.12 bits per heavy atom. The van der Waals surface area contributed by atoms with E-state index in [4.69, 9.17) is 0 Å². The minimum Gasteiger partial charge on any atom is -0.481 e. The predicted octanol–water partition coefficient (Wildman–Crippen LogP) is 4.82. The summed E-state index contributed by atoms with van der Waals surface area (Å²) < 4.78 is 0. The first-order valence-electron chi connectivity index (χ1n) is 9.95. The van der Waals surface area contributed by atoms with Crippen molar-refractivity contribution in [1.82, 2.24) is 0 Å². The maximum absolute atomic E-state index is 11.8. The highest BCUT2D eigenvalue weighted by Crippen LogP contribution is 2.53. The van der Waals surface area contributed by atoms with E-state index in [9.17, 15) is 19.8 Å². The zero-order valence-corrected chi connectivity index (χ0v) is 15.2. The molecular weight excluding hydrogens is 304 g/mol. The number of carbonyl (C=O) groups is 2. The third kappa shape index (κ3) is 4.31. The summed E-state index contributed by atoms with van der Waals surface area (Å²) in [5.74, 6) is -0.398. The quantitative estimate of drug-likeness (QED) is 0.665. The molecule has 0 aliphatic heterocycles. The van der Waals surface area contributed by atoms with E-state index in [0.717, 1.165) is 44.9 Å². The van der Waals surface area contributed by atoms with E-state index in [-0.39, 0.29) is 17.8 Å². The number of carboxylic acid groups (broad SMARTS) is 2. The highest BCUT2D eigenvalue weighted by atomic mass is 16.4. The van der Waals surface area contributed by atoms with Crippen molar-refractivity contribution in [2.45, 2.75) is 78.1 Å². The largest absolute Gasteiger partial charge is 0.481 e. The van der Waals surface area contributed by atoms with Crippen molar-refractivity contribution in [3.8, 4) is 0 Å². The van der Waals surface area contributed by atoms with Crippen molar-refractivity contribution in [1.29, 1.82) is 0 Å². The molecule has 0 spiro atoms. The molecule has 0 amide bonds. The van der Waals surface area contributed by atoms with Gasteiger partial charge in [0.1, 0.15) is 0 Å². The summed E-state index contributed by atoms with van der Waals surface area (Å²) >= 11 is 0. The fraction of sp³-hybridized carbons (Fsp3) is 0.900. The molecule has 6 atom stereocenters. The fourth-order valence-electron chi connectivity index (χ4n) is 5.44. The fourth-order valence-corrected chi connectivity index (χ4v) is 5.44. The lowest BCUT2D eigenvalue weighted by Gasteiger charge is -2.50. The Bertz CT molecular complexity index is 433. The van der Waals surface area contributed by atoms with Gasteiger partial charge in [-0.25, -0.2) is 0 Å². The van der Waals surface area contributed by atoms with Crippen molar-refractivity contribution in [2.24, 2.45) is 35.5 Å². The Morgan fingerprint density at radius 1 is 0.875 bits per heavy atom. The van der Waals surface area contributed by atoms with E-state index >= 15 is 0 Å². The van der Waals surface area contributed by atoms with Gasteiger partial charge in [-0.3, -0.25) is 9.59 Å². The van der Waals surface area contributed by atoms with E-state index in [1.165, 1.54) is 6.42 Å². The number of carboxylic acids is 2. The Kier molecular flexibility index (Phi) is 7.12. The highest BCUT2D eigenvalue weighted by Gasteiger charge is 2.49. The lowest BCUT2D eigenvalue weighted by atomic mass is 9.54. The van der Waals surface area contributed by atoms with Crippen LogP contribution in [0.3, 0.4) is 0 Å². The minimum atomic E-state index is -0.690. The average Bonchev–Trinajstić information content (AvgIpc) is 2.56. The number of hydrogen-bond donors (Lipinski definition) is 2. The molecule has 2 aliphatic carbocycles. The minimum absolute atomic E-state index is 0.192. The second kappa shape index (κ2) is 8.87. The number of rotatable bonds is 8. The molecular formula is C20H34O4. The molecule has 2 N–H and O–H groups in total. The van der Waals surface area contributed by atoms with Crippen LogP contribution in [0.5, 0.6) is 0 Å². The Labute approximate surface area is 146 Å². The zero-order chi connectivity index (χ0) is 17.7. The molecule has 0 aromatic carbocycles. The van der Waals surface area contributed by atoms with Gasteiger partial charge in [0.25, 0.3) is 0 Å². The second-order valence-electron chi connectivity index (χ2n) is 8.06. The second-order valence-corrected chi connectivity index (χ2v) is 8.06. The summed E-state index contributed by atoms with van der Waals surface area (Å²) in [6.07, 6.45) is 9.80. The van der Waals surface area contributed by atoms with Gasteiger partial charge in [-0.1, -0.05) is 46.0 Å². The Hall–Kier alpha value is -1.06. The molecule has 138 valence electrons. The summed E-state index contributed by atoms with van der Waals surface area (Å²) in [6.45, 7) is 4.38. The maximum Gasteiger partial charge on any atom is 0.306 e. The molecule has 4 nitrogen and oxygen atoms in total. The Balaban J connectivity index is 2.23. The molecule has 2 rings (SSSR count). The van der Waals surface area contributed by atoms with Crippen LogP contribution in [0.2, 0.25) is 0 Å². The van der Waals surface area contributed by atoms with Crippen LogP contribution in [0.1, 0.15) is 78.1 Å². The van der Waals surface area contributed by atoms with Crippen LogP contribution >= 0.6 is 0 Å². The highest BCUT2D eigenvalue weighted by molar-refractivity contribution is 5.72. The molecule has 6 unspecified atom stereocenters. The average molecular weight is 338 g/mol. The molecule has 0 aromatic heterocycles. The predicted molar refractivity (Wildman–Crippen MR) is 93.7 cm³/mol. The van der Waals surface area contributed by atoms with Crippen LogP contribution in [0.25, 0.3) is 0 Å². The van der Waals surface area contributed by atoms with E-state index < -0.39 is 11.9 Å². The molecule has 4 heteroatoms. The molecule has 0 radical (unpaired) electrons. The zero-order valence-electron chi connectivity index (χ0n) is 15.2. The smallest absolute Gasteiger partial charge is 0.306 e. The van der Waals surface area contributed by atoms with Gasteiger partial charge < -0.3 is 10.2 Å². The number of hydrogen-bond acceptors (Lipinski definition) is 2. The van der Waals surface area contributed by atoms with Crippen molar-refractivity contribution < 1.29 is 19.8 Å². The number of fused-ring (bicyclic) bond motifs is 1. The van der Waals surface area contributed by atoms with Crippen LogP contribution < -0.4 is 0 Å². The van der Waals surface area contributed by atoms with E-state index in [1.54, 1.807) is 0 Å². The first-order valence-corrected chi connectivity index (χ1v) is 9.95. The normalized spacial score (nSPS) is 36.1. The molecule has 0 saturated heterocycles. The van der Waals surface area contributed by atoms with Gasteiger partial charge in [0.05, 0.1) is 11.8 Å². The van der Waals surface area contributed by atoms with Gasteiger partial charge >= 0.3 is 11.9 Å². The van der Waals surface area contributed by atoms with Crippen molar-refractivity contribution >= 4 is 11.9 Å². The van der Waals surface area contributed by atoms with Crippen molar-refractivity contribution in [3.05, 3.63) is 0 Å².